The predicted molar refractivity (Wildman–Crippen MR) is 79.9 cm³/mol. The van der Waals surface area contributed by atoms with Gasteiger partial charge >= 0.3 is 0 Å². The van der Waals surface area contributed by atoms with Crippen molar-refractivity contribution >= 4 is 17.5 Å². The van der Waals surface area contributed by atoms with E-state index in [1.165, 1.54) is 0 Å². The number of anilines is 1. The summed E-state index contributed by atoms with van der Waals surface area (Å²) in [5.41, 5.74) is 1.52. The molecule has 1 heterocycles. The van der Waals surface area contributed by atoms with Crippen molar-refractivity contribution in [2.75, 3.05) is 11.4 Å². The standard InChI is InChI=1S/C16H22N2O2/c1-3-12(2)17-16(20)13-7-9-14(10-8-13)18-11-5-4-6-15(18)19/h7-10,12H,3-6,11H2,1-2H3,(H,17,20)/t12-/m0/s1. The van der Waals surface area contributed by atoms with Gasteiger partial charge in [0.25, 0.3) is 5.91 Å². The minimum Gasteiger partial charge on any atom is -0.350 e. The van der Waals surface area contributed by atoms with Crippen LogP contribution in [0.4, 0.5) is 5.69 Å². The first-order valence-electron chi connectivity index (χ1n) is 7.33. The lowest BCUT2D eigenvalue weighted by atomic mass is 10.1. The number of hydrogen-bond donors (Lipinski definition) is 1. The maximum Gasteiger partial charge on any atom is 0.251 e. The van der Waals surface area contributed by atoms with E-state index in [0.717, 1.165) is 31.5 Å². The molecule has 108 valence electrons. The molecule has 0 radical (unpaired) electrons. The lowest BCUT2D eigenvalue weighted by molar-refractivity contribution is -0.119. The molecule has 0 bridgehead atoms. The van der Waals surface area contributed by atoms with Crippen LogP contribution < -0.4 is 10.2 Å². The van der Waals surface area contributed by atoms with Crippen molar-refractivity contribution in [2.24, 2.45) is 0 Å². The van der Waals surface area contributed by atoms with Crippen LogP contribution in [0.2, 0.25) is 0 Å². The molecule has 1 fully saturated rings. The molecule has 1 saturated heterocycles. The quantitative estimate of drug-likeness (QED) is 0.917. The molecular formula is C16H22N2O2. The fourth-order valence-corrected chi connectivity index (χ4v) is 2.28. The van der Waals surface area contributed by atoms with Crippen LogP contribution in [0.1, 0.15) is 49.9 Å². The van der Waals surface area contributed by atoms with E-state index < -0.39 is 0 Å². The van der Waals surface area contributed by atoms with E-state index in [0.29, 0.717) is 12.0 Å². The van der Waals surface area contributed by atoms with Crippen LogP contribution in [-0.2, 0) is 4.79 Å². The van der Waals surface area contributed by atoms with Gasteiger partial charge in [-0.3, -0.25) is 9.59 Å². The zero-order valence-electron chi connectivity index (χ0n) is 12.2. The third-order valence-electron chi connectivity index (χ3n) is 3.75. The summed E-state index contributed by atoms with van der Waals surface area (Å²) in [5, 5.41) is 2.93. The Morgan fingerprint density at radius 2 is 2.00 bits per heavy atom. The Kier molecular flexibility index (Phi) is 4.77. The second kappa shape index (κ2) is 6.55. The molecule has 2 amide bonds. The molecule has 20 heavy (non-hydrogen) atoms. The van der Waals surface area contributed by atoms with Crippen LogP contribution in [0.5, 0.6) is 0 Å². The Hall–Kier alpha value is -1.84. The number of rotatable bonds is 4. The highest BCUT2D eigenvalue weighted by Gasteiger charge is 2.19. The predicted octanol–water partition coefficient (Wildman–Crippen LogP) is 2.73. The van der Waals surface area contributed by atoms with E-state index in [1.54, 1.807) is 17.0 Å². The number of carbonyl (C=O) groups is 2. The topological polar surface area (TPSA) is 49.4 Å². The number of nitrogens with one attached hydrogen (secondary N) is 1. The second-order valence-corrected chi connectivity index (χ2v) is 5.33. The molecule has 0 aliphatic carbocycles. The Labute approximate surface area is 120 Å². The summed E-state index contributed by atoms with van der Waals surface area (Å²) >= 11 is 0. The fourth-order valence-electron chi connectivity index (χ4n) is 2.28. The molecule has 2 rings (SSSR count). The molecule has 4 nitrogen and oxygen atoms in total. The number of hydrogen-bond acceptors (Lipinski definition) is 2. The molecular weight excluding hydrogens is 252 g/mol. The van der Waals surface area contributed by atoms with Crippen molar-refractivity contribution in [2.45, 2.75) is 45.6 Å². The largest absolute Gasteiger partial charge is 0.350 e. The first-order chi connectivity index (χ1) is 9.61. The lowest BCUT2D eigenvalue weighted by Crippen LogP contribution is -2.35. The minimum atomic E-state index is -0.0594. The molecule has 1 aromatic rings. The monoisotopic (exact) mass is 274 g/mol. The Morgan fingerprint density at radius 1 is 1.30 bits per heavy atom. The number of nitrogens with zero attached hydrogens (tertiary/aromatic N) is 1. The highest BCUT2D eigenvalue weighted by Crippen LogP contribution is 2.21. The number of benzene rings is 1. The van der Waals surface area contributed by atoms with Crippen LogP contribution in [-0.4, -0.2) is 24.4 Å². The van der Waals surface area contributed by atoms with E-state index in [9.17, 15) is 9.59 Å². The third-order valence-corrected chi connectivity index (χ3v) is 3.75. The van der Waals surface area contributed by atoms with Gasteiger partial charge in [0.1, 0.15) is 0 Å². The van der Waals surface area contributed by atoms with Gasteiger partial charge in [0.15, 0.2) is 0 Å². The van der Waals surface area contributed by atoms with Crippen molar-refractivity contribution < 1.29 is 9.59 Å². The zero-order valence-corrected chi connectivity index (χ0v) is 12.2. The Balaban J connectivity index is 2.06. The van der Waals surface area contributed by atoms with Crippen molar-refractivity contribution in [3.63, 3.8) is 0 Å². The molecule has 0 spiro atoms. The third kappa shape index (κ3) is 3.38. The molecule has 0 aromatic heterocycles. The van der Waals surface area contributed by atoms with Gasteiger partial charge in [-0.25, -0.2) is 0 Å². The maximum atomic E-state index is 12.0. The number of amides is 2. The van der Waals surface area contributed by atoms with Gasteiger partial charge in [0, 0.05) is 30.3 Å². The van der Waals surface area contributed by atoms with Crippen LogP contribution in [0.3, 0.4) is 0 Å². The molecule has 1 aliphatic rings. The maximum absolute atomic E-state index is 12.0. The van der Waals surface area contributed by atoms with Crippen LogP contribution in [0, 0.1) is 0 Å². The molecule has 4 heteroatoms. The highest BCUT2D eigenvalue weighted by molar-refractivity contribution is 5.97. The SMILES string of the molecule is CC[C@H](C)NC(=O)c1ccc(N2CCCCC2=O)cc1. The van der Waals surface area contributed by atoms with Crippen LogP contribution in [0.25, 0.3) is 0 Å². The average Bonchev–Trinajstić information content (AvgIpc) is 2.47. The van der Waals surface area contributed by atoms with Crippen molar-refractivity contribution in [1.82, 2.24) is 5.32 Å². The summed E-state index contributed by atoms with van der Waals surface area (Å²) in [7, 11) is 0. The molecule has 1 N–H and O–H groups in total. The van der Waals surface area contributed by atoms with Crippen molar-refractivity contribution in [3.8, 4) is 0 Å². The zero-order chi connectivity index (χ0) is 14.5. The Bertz CT molecular complexity index is 482. The van der Waals surface area contributed by atoms with Crippen molar-refractivity contribution in [3.05, 3.63) is 29.8 Å². The lowest BCUT2D eigenvalue weighted by Gasteiger charge is -2.26. The normalized spacial score (nSPS) is 16.9. The number of piperidine rings is 1. The van der Waals surface area contributed by atoms with Gasteiger partial charge < -0.3 is 10.2 Å². The van der Waals surface area contributed by atoms with E-state index in [4.69, 9.17) is 0 Å². The van der Waals surface area contributed by atoms with Gasteiger partial charge in [-0.05, 0) is 50.5 Å². The number of carbonyl (C=O) groups excluding carboxylic acids is 2. The summed E-state index contributed by atoms with van der Waals surface area (Å²) < 4.78 is 0. The molecule has 1 aromatic carbocycles. The van der Waals surface area contributed by atoms with E-state index in [2.05, 4.69) is 5.32 Å². The average molecular weight is 274 g/mol. The van der Waals surface area contributed by atoms with Gasteiger partial charge in [-0.15, -0.1) is 0 Å². The summed E-state index contributed by atoms with van der Waals surface area (Å²) in [5.74, 6) is 0.115. The van der Waals surface area contributed by atoms with Gasteiger partial charge in [0.05, 0.1) is 0 Å². The fraction of sp³-hybridized carbons (Fsp3) is 0.500. The smallest absolute Gasteiger partial charge is 0.251 e. The first-order valence-corrected chi connectivity index (χ1v) is 7.33. The molecule has 1 atom stereocenters. The molecule has 0 unspecified atom stereocenters. The first kappa shape index (κ1) is 14.6. The van der Waals surface area contributed by atoms with E-state index >= 15 is 0 Å². The summed E-state index contributed by atoms with van der Waals surface area (Å²) in [6, 6.07) is 7.46. The van der Waals surface area contributed by atoms with Gasteiger partial charge in [0.2, 0.25) is 5.91 Å². The van der Waals surface area contributed by atoms with Crippen molar-refractivity contribution in [1.29, 1.82) is 0 Å². The molecule has 0 saturated carbocycles. The minimum absolute atomic E-state index is 0.0594. The van der Waals surface area contributed by atoms with Crippen LogP contribution >= 0.6 is 0 Å². The Morgan fingerprint density at radius 3 is 2.60 bits per heavy atom. The van der Waals surface area contributed by atoms with Crippen LogP contribution in [0.15, 0.2) is 24.3 Å². The van der Waals surface area contributed by atoms with Gasteiger partial charge in [-0.1, -0.05) is 6.92 Å². The van der Waals surface area contributed by atoms with E-state index in [1.807, 2.05) is 26.0 Å². The van der Waals surface area contributed by atoms with Gasteiger partial charge in [-0.2, -0.15) is 0 Å². The summed E-state index contributed by atoms with van der Waals surface area (Å²) in [6.45, 7) is 4.80. The molecule has 1 aliphatic heterocycles. The second-order valence-electron chi connectivity index (χ2n) is 5.33. The summed E-state index contributed by atoms with van der Waals surface area (Å²) in [4.78, 5) is 25.6. The van der Waals surface area contributed by atoms with E-state index in [-0.39, 0.29) is 17.9 Å². The highest BCUT2D eigenvalue weighted by atomic mass is 16.2. The summed E-state index contributed by atoms with van der Waals surface area (Å²) in [6.07, 6.45) is 3.55.